The zero-order chi connectivity index (χ0) is 16.7. The molecule has 0 aliphatic rings. The van der Waals surface area contributed by atoms with Crippen LogP contribution in [-0.2, 0) is 0 Å². The topological polar surface area (TPSA) is 42.5 Å². The van der Waals surface area contributed by atoms with E-state index in [-0.39, 0.29) is 6.10 Å². The molecule has 0 bridgehead atoms. The molecule has 0 aliphatic carbocycles. The van der Waals surface area contributed by atoms with Crippen molar-refractivity contribution in [3.63, 3.8) is 0 Å². The van der Waals surface area contributed by atoms with Gasteiger partial charge in [-0.15, -0.1) is 0 Å². The van der Waals surface area contributed by atoms with Crippen LogP contribution < -0.4 is 20.1 Å². The van der Waals surface area contributed by atoms with Crippen LogP contribution in [0.15, 0.2) is 42.5 Å². The van der Waals surface area contributed by atoms with Crippen LogP contribution in [0, 0.1) is 0 Å². The molecule has 0 unspecified atom stereocenters. The molecule has 0 saturated heterocycles. The molecule has 2 aromatic rings. The normalized spacial score (nSPS) is 10.5. The van der Waals surface area contributed by atoms with Gasteiger partial charge in [0.2, 0.25) is 0 Å². The largest absolute Gasteiger partial charge is 0.495 e. The second-order valence-electron chi connectivity index (χ2n) is 5.37. The Bertz CT molecular complexity index is 632. The van der Waals surface area contributed by atoms with Gasteiger partial charge >= 0.3 is 0 Å². The Kier molecular flexibility index (Phi) is 6.41. The van der Waals surface area contributed by atoms with Gasteiger partial charge in [0, 0.05) is 18.8 Å². The summed E-state index contributed by atoms with van der Waals surface area (Å²) in [5, 5.41) is 7.30. The van der Waals surface area contributed by atoms with Gasteiger partial charge in [0.25, 0.3) is 0 Å². The SMILES string of the molecule is COc1ccc(NCCNc2ccccc2OC(C)C)cc1Cl. The van der Waals surface area contributed by atoms with Crippen molar-refractivity contribution in [2.75, 3.05) is 30.8 Å². The monoisotopic (exact) mass is 334 g/mol. The third-order valence-electron chi connectivity index (χ3n) is 3.17. The molecule has 0 amide bonds. The zero-order valence-electron chi connectivity index (χ0n) is 13.7. The highest BCUT2D eigenvalue weighted by Gasteiger charge is 2.04. The van der Waals surface area contributed by atoms with Crippen molar-refractivity contribution in [2.24, 2.45) is 0 Å². The Morgan fingerprint density at radius 2 is 1.74 bits per heavy atom. The number of methoxy groups -OCH3 is 1. The van der Waals surface area contributed by atoms with Crippen LogP contribution in [0.2, 0.25) is 5.02 Å². The number of benzene rings is 2. The number of para-hydroxylation sites is 2. The Labute approximate surface area is 142 Å². The number of anilines is 2. The molecule has 0 fully saturated rings. The molecular formula is C18H23ClN2O2. The summed E-state index contributed by atoms with van der Waals surface area (Å²) in [6.45, 7) is 5.57. The van der Waals surface area contributed by atoms with E-state index < -0.39 is 0 Å². The van der Waals surface area contributed by atoms with Crippen LogP contribution in [0.25, 0.3) is 0 Å². The molecular weight excluding hydrogens is 312 g/mol. The zero-order valence-corrected chi connectivity index (χ0v) is 14.5. The van der Waals surface area contributed by atoms with Gasteiger partial charge in [0.1, 0.15) is 11.5 Å². The third-order valence-corrected chi connectivity index (χ3v) is 3.47. The lowest BCUT2D eigenvalue weighted by molar-refractivity contribution is 0.243. The van der Waals surface area contributed by atoms with E-state index in [1.807, 2.05) is 56.3 Å². The third kappa shape index (κ3) is 5.25. The van der Waals surface area contributed by atoms with Gasteiger partial charge in [-0.05, 0) is 44.2 Å². The second-order valence-corrected chi connectivity index (χ2v) is 5.77. The van der Waals surface area contributed by atoms with E-state index in [9.17, 15) is 0 Å². The predicted molar refractivity (Wildman–Crippen MR) is 97.2 cm³/mol. The molecule has 0 aromatic heterocycles. The van der Waals surface area contributed by atoms with Crippen LogP contribution in [0.4, 0.5) is 11.4 Å². The van der Waals surface area contributed by atoms with Crippen molar-refractivity contribution in [3.05, 3.63) is 47.5 Å². The first-order valence-corrected chi connectivity index (χ1v) is 8.05. The number of nitrogens with one attached hydrogen (secondary N) is 2. The fourth-order valence-electron chi connectivity index (χ4n) is 2.15. The summed E-state index contributed by atoms with van der Waals surface area (Å²) in [6.07, 6.45) is 0.150. The Morgan fingerprint density at radius 3 is 2.43 bits per heavy atom. The molecule has 0 heterocycles. The van der Waals surface area contributed by atoms with Crippen LogP contribution in [0.5, 0.6) is 11.5 Å². The summed E-state index contributed by atoms with van der Waals surface area (Å²) in [5.41, 5.74) is 1.96. The molecule has 2 rings (SSSR count). The van der Waals surface area contributed by atoms with Gasteiger partial charge in [-0.25, -0.2) is 0 Å². The average molecular weight is 335 g/mol. The van der Waals surface area contributed by atoms with E-state index in [1.54, 1.807) is 7.11 Å². The fraction of sp³-hybridized carbons (Fsp3) is 0.333. The number of hydrogen-bond acceptors (Lipinski definition) is 4. The Morgan fingerprint density at radius 1 is 1.00 bits per heavy atom. The van der Waals surface area contributed by atoms with Crippen molar-refractivity contribution >= 4 is 23.0 Å². The Hall–Kier alpha value is -2.07. The Balaban J connectivity index is 1.85. The van der Waals surface area contributed by atoms with Crippen LogP contribution in [0.3, 0.4) is 0 Å². The van der Waals surface area contributed by atoms with Crippen molar-refractivity contribution in [2.45, 2.75) is 20.0 Å². The first-order chi connectivity index (χ1) is 11.1. The highest BCUT2D eigenvalue weighted by atomic mass is 35.5. The molecule has 2 aromatic carbocycles. The van der Waals surface area contributed by atoms with E-state index in [4.69, 9.17) is 21.1 Å². The first-order valence-electron chi connectivity index (χ1n) is 7.67. The quantitative estimate of drug-likeness (QED) is 0.689. The average Bonchev–Trinajstić information content (AvgIpc) is 2.52. The number of ether oxygens (including phenoxy) is 2. The summed E-state index contributed by atoms with van der Waals surface area (Å²) >= 11 is 6.11. The summed E-state index contributed by atoms with van der Waals surface area (Å²) in [6, 6.07) is 13.6. The minimum absolute atomic E-state index is 0.150. The summed E-state index contributed by atoms with van der Waals surface area (Å²) in [4.78, 5) is 0. The predicted octanol–water partition coefficient (Wildman–Crippen LogP) is 4.66. The number of halogens is 1. The van der Waals surface area contributed by atoms with E-state index in [2.05, 4.69) is 10.6 Å². The van der Waals surface area contributed by atoms with Crippen LogP contribution in [-0.4, -0.2) is 26.3 Å². The standard InChI is InChI=1S/C18H23ClN2O2/c1-13(2)23-18-7-5-4-6-16(18)21-11-10-20-14-8-9-17(22-3)15(19)12-14/h4-9,12-13,20-21H,10-11H2,1-3H3. The van der Waals surface area contributed by atoms with E-state index in [0.29, 0.717) is 10.8 Å². The number of hydrogen-bond donors (Lipinski definition) is 2. The van der Waals surface area contributed by atoms with Crippen LogP contribution >= 0.6 is 11.6 Å². The summed E-state index contributed by atoms with van der Waals surface area (Å²) in [5.74, 6) is 1.55. The maximum absolute atomic E-state index is 6.11. The second kappa shape index (κ2) is 8.53. The maximum atomic E-state index is 6.11. The lowest BCUT2D eigenvalue weighted by atomic mass is 10.2. The highest BCUT2D eigenvalue weighted by molar-refractivity contribution is 6.32. The van der Waals surface area contributed by atoms with E-state index >= 15 is 0 Å². The van der Waals surface area contributed by atoms with Gasteiger partial charge in [-0.2, -0.15) is 0 Å². The molecule has 0 radical (unpaired) electrons. The lowest BCUT2D eigenvalue weighted by Crippen LogP contribution is -2.15. The first kappa shape index (κ1) is 17.3. The van der Waals surface area contributed by atoms with Gasteiger partial charge in [-0.3, -0.25) is 0 Å². The van der Waals surface area contributed by atoms with Gasteiger partial charge in [-0.1, -0.05) is 23.7 Å². The highest BCUT2D eigenvalue weighted by Crippen LogP contribution is 2.27. The molecule has 23 heavy (non-hydrogen) atoms. The summed E-state index contributed by atoms with van der Waals surface area (Å²) < 4.78 is 10.9. The minimum Gasteiger partial charge on any atom is -0.495 e. The van der Waals surface area contributed by atoms with Gasteiger partial charge in [0.15, 0.2) is 0 Å². The van der Waals surface area contributed by atoms with Crippen molar-refractivity contribution < 1.29 is 9.47 Å². The maximum Gasteiger partial charge on any atom is 0.142 e. The molecule has 0 atom stereocenters. The van der Waals surface area contributed by atoms with Gasteiger partial charge < -0.3 is 20.1 Å². The van der Waals surface area contributed by atoms with Crippen molar-refractivity contribution in [3.8, 4) is 11.5 Å². The summed E-state index contributed by atoms with van der Waals surface area (Å²) in [7, 11) is 1.61. The van der Waals surface area contributed by atoms with E-state index in [0.717, 1.165) is 30.2 Å². The van der Waals surface area contributed by atoms with E-state index in [1.165, 1.54) is 0 Å². The molecule has 2 N–H and O–H groups in total. The smallest absolute Gasteiger partial charge is 0.142 e. The van der Waals surface area contributed by atoms with Crippen LogP contribution in [0.1, 0.15) is 13.8 Å². The van der Waals surface area contributed by atoms with Crippen molar-refractivity contribution in [1.29, 1.82) is 0 Å². The molecule has 0 spiro atoms. The van der Waals surface area contributed by atoms with Crippen molar-refractivity contribution in [1.82, 2.24) is 0 Å². The molecule has 0 aliphatic heterocycles. The number of rotatable bonds is 8. The molecule has 0 saturated carbocycles. The molecule has 124 valence electrons. The lowest BCUT2D eigenvalue weighted by Gasteiger charge is -2.16. The van der Waals surface area contributed by atoms with Gasteiger partial charge in [0.05, 0.1) is 23.9 Å². The fourth-order valence-corrected chi connectivity index (χ4v) is 2.41. The molecule has 5 heteroatoms. The molecule has 4 nitrogen and oxygen atoms in total. The minimum atomic E-state index is 0.150.